The van der Waals surface area contributed by atoms with Gasteiger partial charge in [-0.25, -0.2) is 0 Å². The lowest BCUT2D eigenvalue weighted by Crippen LogP contribution is -2.44. The minimum absolute atomic E-state index is 0.0858. The third-order valence-corrected chi connectivity index (χ3v) is 2.12. The van der Waals surface area contributed by atoms with Crippen LogP contribution in [0.3, 0.4) is 0 Å². The molecule has 0 saturated carbocycles. The van der Waals surface area contributed by atoms with E-state index in [-0.39, 0.29) is 11.8 Å². The molecular weight excluding hydrogens is 164 g/mol. The number of hydrogen-bond acceptors (Lipinski definition) is 2. The summed E-state index contributed by atoms with van der Waals surface area (Å²) in [7, 11) is 0. The molecule has 0 aromatic heterocycles. The average molecular weight is 184 g/mol. The quantitative estimate of drug-likeness (QED) is 0.627. The Morgan fingerprint density at radius 2 is 2.15 bits per heavy atom. The molecule has 0 aliphatic heterocycles. The van der Waals surface area contributed by atoms with E-state index in [4.69, 9.17) is 5.73 Å². The van der Waals surface area contributed by atoms with E-state index in [1.54, 1.807) is 0 Å². The fraction of sp³-hybridized carbons (Fsp3) is 0.700. The van der Waals surface area contributed by atoms with Gasteiger partial charge in [-0.2, -0.15) is 0 Å². The number of nitrogens with one attached hydrogen (secondary N) is 1. The van der Waals surface area contributed by atoms with Crippen LogP contribution in [0.1, 0.15) is 27.2 Å². The van der Waals surface area contributed by atoms with Gasteiger partial charge in [0.05, 0.1) is 6.04 Å². The minimum Gasteiger partial charge on any atom is -0.351 e. The van der Waals surface area contributed by atoms with Gasteiger partial charge in [0.2, 0.25) is 5.91 Å². The summed E-state index contributed by atoms with van der Waals surface area (Å²) in [5, 5.41) is 2.73. The van der Waals surface area contributed by atoms with E-state index >= 15 is 0 Å². The predicted octanol–water partition coefficient (Wildman–Crippen LogP) is 1.05. The monoisotopic (exact) mass is 184 g/mol. The Balaban J connectivity index is 3.89. The molecule has 0 spiro atoms. The van der Waals surface area contributed by atoms with Crippen LogP contribution in [0.2, 0.25) is 0 Å². The maximum atomic E-state index is 11.4. The molecule has 0 aliphatic carbocycles. The summed E-state index contributed by atoms with van der Waals surface area (Å²) in [6.07, 6.45) is 0.918. The Kier molecular flexibility index (Phi) is 5.39. The molecule has 0 rings (SSSR count). The van der Waals surface area contributed by atoms with Crippen molar-refractivity contribution in [3.8, 4) is 0 Å². The highest BCUT2D eigenvalue weighted by molar-refractivity contribution is 5.81. The first kappa shape index (κ1) is 12.2. The Labute approximate surface area is 80.4 Å². The standard InChI is InChI=1S/C10H20N2O/c1-5-8(4)9(11)10(13)12-6-7(2)3/h8-9H,2,5-6,11H2,1,3-4H3,(H,12,13). The second-order valence-electron chi connectivity index (χ2n) is 3.59. The number of nitrogens with two attached hydrogens (primary N) is 1. The van der Waals surface area contributed by atoms with Gasteiger partial charge in [-0.1, -0.05) is 32.4 Å². The molecule has 2 unspecified atom stereocenters. The molecule has 0 aromatic rings. The fourth-order valence-electron chi connectivity index (χ4n) is 0.868. The van der Waals surface area contributed by atoms with Crippen molar-refractivity contribution in [1.29, 1.82) is 0 Å². The largest absolute Gasteiger partial charge is 0.351 e. The lowest BCUT2D eigenvalue weighted by atomic mass is 9.99. The second kappa shape index (κ2) is 5.75. The first-order valence-corrected chi connectivity index (χ1v) is 4.66. The molecular formula is C10H20N2O. The van der Waals surface area contributed by atoms with Crippen molar-refractivity contribution in [2.24, 2.45) is 11.7 Å². The van der Waals surface area contributed by atoms with Gasteiger partial charge in [0.25, 0.3) is 0 Å². The summed E-state index contributed by atoms with van der Waals surface area (Å²) in [5.41, 5.74) is 6.65. The maximum Gasteiger partial charge on any atom is 0.237 e. The summed E-state index contributed by atoms with van der Waals surface area (Å²) in [6, 6.07) is -0.399. The highest BCUT2D eigenvalue weighted by atomic mass is 16.2. The molecule has 13 heavy (non-hydrogen) atoms. The number of carbonyl (C=O) groups is 1. The molecule has 0 saturated heterocycles. The molecule has 3 nitrogen and oxygen atoms in total. The van der Waals surface area contributed by atoms with Crippen molar-refractivity contribution < 1.29 is 4.79 Å². The molecule has 0 heterocycles. The molecule has 3 heteroatoms. The van der Waals surface area contributed by atoms with Crippen LogP contribution in [0.4, 0.5) is 0 Å². The number of carbonyl (C=O) groups excluding carboxylic acids is 1. The van der Waals surface area contributed by atoms with Gasteiger partial charge in [0, 0.05) is 6.54 Å². The third-order valence-electron chi connectivity index (χ3n) is 2.12. The van der Waals surface area contributed by atoms with E-state index < -0.39 is 6.04 Å². The summed E-state index contributed by atoms with van der Waals surface area (Å²) >= 11 is 0. The third kappa shape index (κ3) is 4.68. The summed E-state index contributed by atoms with van der Waals surface area (Å²) in [4.78, 5) is 11.4. The van der Waals surface area contributed by atoms with Crippen molar-refractivity contribution in [2.45, 2.75) is 33.2 Å². The molecule has 0 radical (unpaired) electrons. The van der Waals surface area contributed by atoms with E-state index in [9.17, 15) is 4.79 Å². The molecule has 0 bridgehead atoms. The van der Waals surface area contributed by atoms with Crippen molar-refractivity contribution in [1.82, 2.24) is 5.32 Å². The van der Waals surface area contributed by atoms with Gasteiger partial charge in [-0.3, -0.25) is 4.79 Å². The normalized spacial score (nSPS) is 14.8. The van der Waals surface area contributed by atoms with E-state index in [0.717, 1.165) is 12.0 Å². The number of rotatable bonds is 5. The van der Waals surface area contributed by atoms with Crippen molar-refractivity contribution in [2.75, 3.05) is 6.54 Å². The molecule has 0 fully saturated rings. The van der Waals surface area contributed by atoms with E-state index in [1.807, 2.05) is 20.8 Å². The maximum absolute atomic E-state index is 11.4. The number of amides is 1. The first-order valence-electron chi connectivity index (χ1n) is 4.66. The molecule has 2 atom stereocenters. The van der Waals surface area contributed by atoms with Crippen LogP contribution >= 0.6 is 0 Å². The topological polar surface area (TPSA) is 55.1 Å². The van der Waals surface area contributed by atoms with Crippen molar-refractivity contribution >= 4 is 5.91 Å². The van der Waals surface area contributed by atoms with Gasteiger partial charge >= 0.3 is 0 Å². The Hall–Kier alpha value is -0.830. The van der Waals surface area contributed by atoms with Crippen LogP contribution in [-0.4, -0.2) is 18.5 Å². The zero-order valence-electron chi connectivity index (χ0n) is 8.76. The first-order chi connectivity index (χ1) is 5.99. The lowest BCUT2D eigenvalue weighted by Gasteiger charge is -2.17. The molecule has 0 aliphatic rings. The van der Waals surface area contributed by atoms with Gasteiger partial charge in [0.1, 0.15) is 0 Å². The van der Waals surface area contributed by atoms with E-state index in [1.165, 1.54) is 0 Å². The van der Waals surface area contributed by atoms with Crippen molar-refractivity contribution in [3.63, 3.8) is 0 Å². The fourth-order valence-corrected chi connectivity index (χ4v) is 0.868. The zero-order chi connectivity index (χ0) is 10.4. The molecule has 1 amide bonds. The van der Waals surface area contributed by atoms with Gasteiger partial charge in [0.15, 0.2) is 0 Å². The van der Waals surface area contributed by atoms with Crippen molar-refractivity contribution in [3.05, 3.63) is 12.2 Å². The van der Waals surface area contributed by atoms with E-state index in [0.29, 0.717) is 6.54 Å². The highest BCUT2D eigenvalue weighted by Crippen LogP contribution is 2.04. The Bertz CT molecular complexity index is 189. The van der Waals surface area contributed by atoms with Crippen LogP contribution in [0.5, 0.6) is 0 Å². The Morgan fingerprint density at radius 1 is 1.62 bits per heavy atom. The predicted molar refractivity (Wildman–Crippen MR) is 55.3 cm³/mol. The molecule has 3 N–H and O–H groups in total. The summed E-state index contributed by atoms with van der Waals surface area (Å²) in [5.74, 6) is 0.141. The molecule has 76 valence electrons. The van der Waals surface area contributed by atoms with E-state index in [2.05, 4.69) is 11.9 Å². The second-order valence-corrected chi connectivity index (χ2v) is 3.59. The van der Waals surface area contributed by atoms with Crippen LogP contribution in [0, 0.1) is 5.92 Å². The molecule has 0 aromatic carbocycles. The Morgan fingerprint density at radius 3 is 2.54 bits per heavy atom. The highest BCUT2D eigenvalue weighted by Gasteiger charge is 2.18. The smallest absolute Gasteiger partial charge is 0.237 e. The summed E-state index contributed by atoms with van der Waals surface area (Å²) in [6.45, 7) is 10.1. The summed E-state index contributed by atoms with van der Waals surface area (Å²) < 4.78 is 0. The SMILES string of the molecule is C=C(C)CNC(=O)C(N)C(C)CC. The zero-order valence-corrected chi connectivity index (χ0v) is 8.76. The van der Waals surface area contributed by atoms with Crippen LogP contribution < -0.4 is 11.1 Å². The van der Waals surface area contributed by atoms with Crippen LogP contribution in [-0.2, 0) is 4.79 Å². The average Bonchev–Trinajstić information content (AvgIpc) is 2.11. The van der Waals surface area contributed by atoms with Gasteiger partial charge < -0.3 is 11.1 Å². The van der Waals surface area contributed by atoms with Gasteiger partial charge in [-0.05, 0) is 12.8 Å². The van der Waals surface area contributed by atoms with Crippen LogP contribution in [0.25, 0.3) is 0 Å². The van der Waals surface area contributed by atoms with Gasteiger partial charge in [-0.15, -0.1) is 0 Å². The lowest BCUT2D eigenvalue weighted by molar-refractivity contribution is -0.123. The minimum atomic E-state index is -0.399. The van der Waals surface area contributed by atoms with Crippen LogP contribution in [0.15, 0.2) is 12.2 Å². The number of hydrogen-bond donors (Lipinski definition) is 2.